The Kier molecular flexibility index (Phi) is 5.26. The van der Waals surface area contributed by atoms with Gasteiger partial charge in [-0.1, -0.05) is 19.3 Å². The van der Waals surface area contributed by atoms with E-state index >= 15 is 0 Å². The highest BCUT2D eigenvalue weighted by Crippen LogP contribution is 2.15. The summed E-state index contributed by atoms with van der Waals surface area (Å²) < 4.78 is 2.47. The zero-order valence-corrected chi connectivity index (χ0v) is 14.4. The van der Waals surface area contributed by atoms with E-state index < -0.39 is 0 Å². The third kappa shape index (κ3) is 3.96. The Morgan fingerprint density at radius 2 is 1.91 bits per heavy atom. The second-order valence-electron chi connectivity index (χ2n) is 6.21. The molecule has 1 aliphatic carbocycles. The van der Waals surface area contributed by atoms with Crippen molar-refractivity contribution in [2.75, 3.05) is 0 Å². The fraction of sp³-hybridized carbons (Fsp3) is 0.529. The van der Waals surface area contributed by atoms with Crippen LogP contribution in [0.4, 0.5) is 0 Å². The molecule has 0 saturated heterocycles. The van der Waals surface area contributed by atoms with Crippen molar-refractivity contribution in [3.8, 4) is 0 Å². The Morgan fingerprint density at radius 1 is 1.18 bits per heavy atom. The van der Waals surface area contributed by atoms with Crippen LogP contribution >= 0.6 is 15.9 Å². The fourth-order valence-electron chi connectivity index (χ4n) is 3.24. The number of fused-ring (bicyclic) bond motifs is 1. The van der Waals surface area contributed by atoms with Gasteiger partial charge >= 0.3 is 0 Å². The third-order valence-corrected chi connectivity index (χ3v) is 4.96. The highest BCUT2D eigenvalue weighted by Gasteiger charge is 2.14. The van der Waals surface area contributed by atoms with Crippen LogP contribution in [0, 0.1) is 0 Å². The number of hydrogen-bond acceptors (Lipinski definition) is 2. The molecular weight excluding hydrogens is 342 g/mol. The van der Waals surface area contributed by atoms with E-state index in [9.17, 15) is 4.79 Å². The maximum atomic E-state index is 12.2. The SMILES string of the molecule is O=c1cc(C[NH2+]C2CCCCCCC2)nc2ccc(Br)cn12. The number of aromatic nitrogens is 2. The van der Waals surface area contributed by atoms with Gasteiger partial charge in [0.2, 0.25) is 0 Å². The van der Waals surface area contributed by atoms with Gasteiger partial charge in [0.25, 0.3) is 5.56 Å². The molecule has 4 nitrogen and oxygen atoms in total. The van der Waals surface area contributed by atoms with E-state index in [2.05, 4.69) is 26.2 Å². The zero-order valence-electron chi connectivity index (χ0n) is 12.8. The molecule has 5 heteroatoms. The summed E-state index contributed by atoms with van der Waals surface area (Å²) in [6.45, 7) is 0.798. The number of nitrogens with two attached hydrogens (primary N) is 1. The molecule has 0 bridgehead atoms. The molecule has 2 aromatic rings. The first-order valence-electron chi connectivity index (χ1n) is 8.23. The van der Waals surface area contributed by atoms with Crippen LogP contribution < -0.4 is 10.9 Å². The first-order valence-corrected chi connectivity index (χ1v) is 9.03. The van der Waals surface area contributed by atoms with Crippen molar-refractivity contribution in [3.05, 3.63) is 44.9 Å². The highest BCUT2D eigenvalue weighted by molar-refractivity contribution is 9.10. The van der Waals surface area contributed by atoms with Crippen molar-refractivity contribution in [2.24, 2.45) is 0 Å². The number of nitrogens with zero attached hydrogens (tertiary/aromatic N) is 2. The van der Waals surface area contributed by atoms with Gasteiger partial charge in [0, 0.05) is 16.7 Å². The van der Waals surface area contributed by atoms with Crippen LogP contribution in [0.5, 0.6) is 0 Å². The normalized spacial score (nSPS) is 17.3. The lowest BCUT2D eigenvalue weighted by Crippen LogP contribution is -2.88. The summed E-state index contributed by atoms with van der Waals surface area (Å²) in [7, 11) is 0. The smallest absolute Gasteiger partial charge is 0.258 e. The quantitative estimate of drug-likeness (QED) is 0.909. The van der Waals surface area contributed by atoms with Gasteiger partial charge in [-0.2, -0.15) is 0 Å². The average molecular weight is 365 g/mol. The second kappa shape index (κ2) is 7.38. The van der Waals surface area contributed by atoms with Crippen LogP contribution in [0.25, 0.3) is 5.65 Å². The summed E-state index contributed by atoms with van der Waals surface area (Å²) in [5, 5.41) is 2.38. The number of pyridine rings is 1. The third-order valence-electron chi connectivity index (χ3n) is 4.49. The summed E-state index contributed by atoms with van der Waals surface area (Å²) in [5.74, 6) is 0. The first-order chi connectivity index (χ1) is 10.7. The van der Waals surface area contributed by atoms with Gasteiger partial charge in [0.05, 0.1) is 6.04 Å². The molecule has 0 aliphatic heterocycles. The van der Waals surface area contributed by atoms with Crippen LogP contribution in [0.15, 0.2) is 33.7 Å². The minimum absolute atomic E-state index is 0.00707. The Labute approximate surface area is 139 Å². The number of halogens is 1. The molecule has 0 amide bonds. The molecule has 0 atom stereocenters. The van der Waals surface area contributed by atoms with Crippen LogP contribution in [0.3, 0.4) is 0 Å². The minimum Gasteiger partial charge on any atom is -0.339 e. The molecule has 22 heavy (non-hydrogen) atoms. The largest absolute Gasteiger partial charge is 0.339 e. The van der Waals surface area contributed by atoms with E-state index in [1.165, 1.54) is 44.9 Å². The van der Waals surface area contributed by atoms with Crippen LogP contribution in [0.2, 0.25) is 0 Å². The number of quaternary nitrogens is 1. The standard InChI is InChI=1S/C17H22BrN3O/c18-13-8-9-16-20-15(10-17(22)21(16)12-13)11-19-14-6-4-2-1-3-5-7-14/h8-10,12,14,19H,1-7,11H2/p+1. The molecule has 0 spiro atoms. The zero-order chi connectivity index (χ0) is 15.4. The molecule has 3 rings (SSSR count). The average Bonchev–Trinajstić information content (AvgIpc) is 2.47. The Balaban J connectivity index is 1.71. The molecule has 0 radical (unpaired) electrons. The van der Waals surface area contributed by atoms with Gasteiger partial charge in [-0.25, -0.2) is 4.98 Å². The minimum atomic E-state index is -0.00707. The molecule has 2 N–H and O–H groups in total. The van der Waals surface area contributed by atoms with E-state index in [1.807, 2.05) is 12.1 Å². The van der Waals surface area contributed by atoms with Crippen molar-refractivity contribution in [1.29, 1.82) is 0 Å². The van der Waals surface area contributed by atoms with Crippen molar-refractivity contribution < 1.29 is 5.32 Å². The van der Waals surface area contributed by atoms with E-state index in [4.69, 9.17) is 0 Å². The van der Waals surface area contributed by atoms with Gasteiger partial charge < -0.3 is 5.32 Å². The summed E-state index contributed by atoms with van der Waals surface area (Å²) in [6.07, 6.45) is 11.2. The summed E-state index contributed by atoms with van der Waals surface area (Å²) >= 11 is 3.39. The predicted octanol–water partition coefficient (Wildman–Crippen LogP) is 2.63. The lowest BCUT2D eigenvalue weighted by molar-refractivity contribution is -0.706. The predicted molar refractivity (Wildman–Crippen MR) is 90.9 cm³/mol. The summed E-state index contributed by atoms with van der Waals surface area (Å²) in [5.41, 5.74) is 1.60. The number of rotatable bonds is 3. The van der Waals surface area contributed by atoms with Crippen LogP contribution in [0.1, 0.15) is 50.6 Å². The Morgan fingerprint density at radius 3 is 2.68 bits per heavy atom. The van der Waals surface area contributed by atoms with Gasteiger partial charge in [-0.15, -0.1) is 0 Å². The molecule has 0 unspecified atom stereocenters. The maximum Gasteiger partial charge on any atom is 0.258 e. The summed E-state index contributed by atoms with van der Waals surface area (Å²) in [4.78, 5) is 16.8. The van der Waals surface area contributed by atoms with Crippen molar-refractivity contribution in [1.82, 2.24) is 9.38 Å². The van der Waals surface area contributed by atoms with E-state index in [0.29, 0.717) is 6.04 Å². The van der Waals surface area contributed by atoms with Gasteiger partial charge in [-0.05, 0) is 53.7 Å². The Bertz CT molecular complexity index is 690. The number of hydrogen-bond donors (Lipinski definition) is 1. The molecule has 1 saturated carbocycles. The fourth-order valence-corrected chi connectivity index (χ4v) is 3.58. The molecule has 2 aromatic heterocycles. The first kappa shape index (κ1) is 15.7. The van der Waals surface area contributed by atoms with E-state index in [-0.39, 0.29) is 5.56 Å². The monoisotopic (exact) mass is 364 g/mol. The van der Waals surface area contributed by atoms with Crippen LogP contribution in [-0.2, 0) is 6.54 Å². The lowest BCUT2D eigenvalue weighted by Gasteiger charge is -2.18. The molecule has 0 aromatic carbocycles. The second-order valence-corrected chi connectivity index (χ2v) is 7.12. The van der Waals surface area contributed by atoms with Gasteiger partial charge in [-0.3, -0.25) is 9.20 Å². The van der Waals surface area contributed by atoms with E-state index in [0.717, 1.165) is 22.4 Å². The van der Waals surface area contributed by atoms with Gasteiger partial charge in [0.1, 0.15) is 17.9 Å². The van der Waals surface area contributed by atoms with Crippen molar-refractivity contribution in [3.63, 3.8) is 0 Å². The highest BCUT2D eigenvalue weighted by atomic mass is 79.9. The van der Waals surface area contributed by atoms with E-state index in [1.54, 1.807) is 16.7 Å². The Hall–Kier alpha value is -1.20. The molecular formula is C17H23BrN3O+. The van der Waals surface area contributed by atoms with Crippen molar-refractivity contribution >= 4 is 21.6 Å². The molecule has 1 aliphatic rings. The van der Waals surface area contributed by atoms with Crippen molar-refractivity contribution in [2.45, 2.75) is 57.5 Å². The molecule has 1 fully saturated rings. The van der Waals surface area contributed by atoms with Crippen LogP contribution in [-0.4, -0.2) is 15.4 Å². The topological polar surface area (TPSA) is 51.0 Å². The molecule has 118 valence electrons. The lowest BCUT2D eigenvalue weighted by atomic mass is 9.97. The van der Waals surface area contributed by atoms with Gasteiger partial charge in [0.15, 0.2) is 0 Å². The molecule has 2 heterocycles. The summed E-state index contributed by atoms with van der Waals surface area (Å²) in [6, 6.07) is 6.15. The maximum absolute atomic E-state index is 12.2.